The zero-order chi connectivity index (χ0) is 20.3. The van der Waals surface area contributed by atoms with Crippen LogP contribution in [0.5, 0.6) is 11.5 Å². The van der Waals surface area contributed by atoms with Gasteiger partial charge in [-0.05, 0) is 36.6 Å². The number of aryl methyl sites for hydroxylation is 1. The first-order valence-electron chi connectivity index (χ1n) is 8.74. The number of hydrogen-bond acceptors (Lipinski definition) is 5. The van der Waals surface area contributed by atoms with Crippen LogP contribution in [0.25, 0.3) is 11.0 Å². The molecule has 6 nitrogen and oxygen atoms in total. The highest BCUT2D eigenvalue weighted by Crippen LogP contribution is 2.30. The minimum absolute atomic E-state index is 0.103. The van der Waals surface area contributed by atoms with Gasteiger partial charge in [0, 0.05) is 18.0 Å². The van der Waals surface area contributed by atoms with E-state index in [1.807, 2.05) is 24.3 Å². The number of halogens is 1. The third kappa shape index (κ3) is 4.12. The maximum absolute atomic E-state index is 12.3. The van der Waals surface area contributed by atoms with Crippen molar-refractivity contribution in [2.24, 2.45) is 0 Å². The fourth-order valence-electron chi connectivity index (χ4n) is 3.07. The van der Waals surface area contributed by atoms with Crippen molar-refractivity contribution in [2.45, 2.75) is 19.8 Å². The first-order valence-corrected chi connectivity index (χ1v) is 9.12. The van der Waals surface area contributed by atoms with Gasteiger partial charge in [0.25, 0.3) is 0 Å². The summed E-state index contributed by atoms with van der Waals surface area (Å²) in [6.45, 7) is 2.14. The van der Waals surface area contributed by atoms with Crippen LogP contribution in [0.3, 0.4) is 0 Å². The van der Waals surface area contributed by atoms with Gasteiger partial charge in [0.1, 0.15) is 17.1 Å². The van der Waals surface area contributed by atoms with Gasteiger partial charge in [0.2, 0.25) is 5.91 Å². The topological polar surface area (TPSA) is 88.8 Å². The fraction of sp³-hybridized carbons (Fsp3) is 0.238. The second-order valence-corrected chi connectivity index (χ2v) is 6.79. The Hall–Kier alpha value is -2.99. The van der Waals surface area contributed by atoms with E-state index in [0.29, 0.717) is 23.9 Å². The van der Waals surface area contributed by atoms with E-state index < -0.39 is 5.63 Å². The number of phenols is 1. The van der Waals surface area contributed by atoms with E-state index in [-0.39, 0.29) is 34.2 Å². The van der Waals surface area contributed by atoms with Gasteiger partial charge in [-0.2, -0.15) is 0 Å². The highest BCUT2D eigenvalue weighted by molar-refractivity contribution is 6.32. The Labute approximate surface area is 166 Å². The quantitative estimate of drug-likeness (QED) is 0.618. The Morgan fingerprint density at radius 3 is 2.79 bits per heavy atom. The molecular formula is C21H20ClNO5. The first kappa shape index (κ1) is 19.8. The summed E-state index contributed by atoms with van der Waals surface area (Å²) in [7, 11) is 1.60. The van der Waals surface area contributed by atoms with E-state index in [2.05, 4.69) is 5.32 Å². The predicted octanol–water partition coefficient (Wildman–Crippen LogP) is 3.37. The van der Waals surface area contributed by atoms with Crippen molar-refractivity contribution in [3.63, 3.8) is 0 Å². The molecule has 0 aliphatic heterocycles. The van der Waals surface area contributed by atoms with Crippen molar-refractivity contribution >= 4 is 28.5 Å². The van der Waals surface area contributed by atoms with Gasteiger partial charge in [-0.1, -0.05) is 29.8 Å². The van der Waals surface area contributed by atoms with Crippen molar-refractivity contribution in [3.05, 3.63) is 68.5 Å². The summed E-state index contributed by atoms with van der Waals surface area (Å²) in [5.74, 6) is 0.316. The van der Waals surface area contributed by atoms with Gasteiger partial charge in [0.15, 0.2) is 0 Å². The standard InChI is InChI=1S/C21H20ClNO5/c1-12-14-9-16(22)17(24)11-19(14)28-21(26)15(12)10-20(25)23-8-7-13-5-3-4-6-18(13)27-2/h3-6,9,11,24H,7-8,10H2,1-2H3,(H,23,25). The average Bonchev–Trinajstić information content (AvgIpc) is 2.67. The SMILES string of the molecule is COc1ccccc1CCNC(=O)Cc1c(C)c2cc(Cl)c(O)cc2oc1=O. The summed E-state index contributed by atoms with van der Waals surface area (Å²) in [5, 5.41) is 13.2. The Morgan fingerprint density at radius 1 is 1.29 bits per heavy atom. The number of para-hydroxylation sites is 1. The summed E-state index contributed by atoms with van der Waals surface area (Å²) in [6, 6.07) is 10.4. The Kier molecular flexibility index (Phi) is 5.90. The van der Waals surface area contributed by atoms with Crippen molar-refractivity contribution in [1.29, 1.82) is 0 Å². The summed E-state index contributed by atoms with van der Waals surface area (Å²) in [6.07, 6.45) is 0.504. The molecule has 0 saturated carbocycles. The van der Waals surface area contributed by atoms with Gasteiger partial charge in [-0.3, -0.25) is 4.79 Å². The second-order valence-electron chi connectivity index (χ2n) is 6.38. The molecule has 1 amide bonds. The van der Waals surface area contributed by atoms with Crippen molar-refractivity contribution in [2.75, 3.05) is 13.7 Å². The normalized spacial score (nSPS) is 10.8. The highest BCUT2D eigenvalue weighted by atomic mass is 35.5. The van der Waals surface area contributed by atoms with Gasteiger partial charge < -0.3 is 19.6 Å². The van der Waals surface area contributed by atoms with E-state index in [1.54, 1.807) is 14.0 Å². The molecule has 3 aromatic rings. The number of phenolic OH excluding ortho intramolecular Hbond substituents is 1. The number of aromatic hydroxyl groups is 1. The molecule has 2 aromatic carbocycles. The molecular weight excluding hydrogens is 382 g/mol. The smallest absolute Gasteiger partial charge is 0.340 e. The molecule has 0 aliphatic rings. The van der Waals surface area contributed by atoms with E-state index in [0.717, 1.165) is 11.3 Å². The average molecular weight is 402 g/mol. The van der Waals surface area contributed by atoms with E-state index in [9.17, 15) is 14.7 Å². The lowest BCUT2D eigenvalue weighted by Crippen LogP contribution is -2.29. The fourth-order valence-corrected chi connectivity index (χ4v) is 3.23. The van der Waals surface area contributed by atoms with Crippen LogP contribution in [0.15, 0.2) is 45.6 Å². The number of hydrogen-bond donors (Lipinski definition) is 2. The molecule has 0 fully saturated rings. The lowest BCUT2D eigenvalue weighted by Gasteiger charge is -2.11. The number of carbonyl (C=O) groups is 1. The van der Waals surface area contributed by atoms with Crippen LogP contribution >= 0.6 is 11.6 Å². The Morgan fingerprint density at radius 2 is 2.04 bits per heavy atom. The molecule has 0 saturated heterocycles. The molecule has 1 aromatic heterocycles. The van der Waals surface area contributed by atoms with Gasteiger partial charge in [-0.15, -0.1) is 0 Å². The Bertz CT molecular complexity index is 1090. The number of carbonyl (C=O) groups excluding carboxylic acids is 1. The predicted molar refractivity (Wildman–Crippen MR) is 107 cm³/mol. The summed E-state index contributed by atoms with van der Waals surface area (Å²) in [4.78, 5) is 24.6. The van der Waals surface area contributed by atoms with E-state index >= 15 is 0 Å². The Balaban J connectivity index is 1.72. The third-order valence-corrected chi connectivity index (χ3v) is 4.90. The minimum atomic E-state index is -0.605. The zero-order valence-electron chi connectivity index (χ0n) is 15.5. The number of ether oxygens (including phenoxy) is 1. The maximum Gasteiger partial charge on any atom is 0.340 e. The van der Waals surface area contributed by atoms with E-state index in [1.165, 1.54) is 12.1 Å². The number of rotatable bonds is 6. The lowest BCUT2D eigenvalue weighted by atomic mass is 10.0. The molecule has 2 N–H and O–H groups in total. The molecule has 1 heterocycles. The minimum Gasteiger partial charge on any atom is -0.506 e. The molecule has 3 rings (SSSR count). The molecule has 0 aliphatic carbocycles. The van der Waals surface area contributed by atoms with Crippen LogP contribution in [0.2, 0.25) is 5.02 Å². The van der Waals surface area contributed by atoms with E-state index in [4.69, 9.17) is 20.8 Å². The number of benzene rings is 2. The summed E-state index contributed by atoms with van der Waals surface area (Å²) < 4.78 is 10.5. The van der Waals surface area contributed by atoms with Crippen LogP contribution in [0, 0.1) is 6.92 Å². The molecule has 28 heavy (non-hydrogen) atoms. The lowest BCUT2D eigenvalue weighted by molar-refractivity contribution is -0.120. The van der Waals surface area contributed by atoms with Crippen LogP contribution in [0.4, 0.5) is 0 Å². The third-order valence-electron chi connectivity index (χ3n) is 4.60. The number of nitrogens with one attached hydrogen (secondary N) is 1. The summed E-state index contributed by atoms with van der Waals surface area (Å²) in [5.41, 5.74) is 1.48. The first-order chi connectivity index (χ1) is 13.4. The van der Waals surface area contributed by atoms with Gasteiger partial charge in [0.05, 0.1) is 24.1 Å². The zero-order valence-corrected chi connectivity index (χ0v) is 16.3. The van der Waals surface area contributed by atoms with Crippen molar-refractivity contribution < 1.29 is 19.1 Å². The number of fused-ring (bicyclic) bond motifs is 1. The number of amides is 1. The monoisotopic (exact) mass is 401 g/mol. The molecule has 0 bridgehead atoms. The highest BCUT2D eigenvalue weighted by Gasteiger charge is 2.16. The van der Waals surface area contributed by atoms with Crippen LogP contribution in [0.1, 0.15) is 16.7 Å². The van der Waals surface area contributed by atoms with Crippen molar-refractivity contribution in [3.8, 4) is 11.5 Å². The van der Waals surface area contributed by atoms with Crippen LogP contribution < -0.4 is 15.7 Å². The second kappa shape index (κ2) is 8.35. The van der Waals surface area contributed by atoms with Crippen LogP contribution in [-0.2, 0) is 17.6 Å². The van der Waals surface area contributed by atoms with Crippen LogP contribution in [-0.4, -0.2) is 24.7 Å². The molecule has 0 radical (unpaired) electrons. The number of methoxy groups -OCH3 is 1. The molecule has 0 spiro atoms. The summed E-state index contributed by atoms with van der Waals surface area (Å²) >= 11 is 5.95. The largest absolute Gasteiger partial charge is 0.506 e. The van der Waals surface area contributed by atoms with Gasteiger partial charge in [-0.25, -0.2) is 4.79 Å². The van der Waals surface area contributed by atoms with Gasteiger partial charge >= 0.3 is 5.63 Å². The molecule has 146 valence electrons. The molecule has 0 unspecified atom stereocenters. The molecule has 7 heteroatoms. The molecule has 0 atom stereocenters. The van der Waals surface area contributed by atoms with Crippen molar-refractivity contribution in [1.82, 2.24) is 5.32 Å². The maximum atomic E-state index is 12.3.